The van der Waals surface area contributed by atoms with Crippen LogP contribution in [0.2, 0.25) is 0 Å². The quantitative estimate of drug-likeness (QED) is 0.835. The molecule has 1 N–H and O–H groups in total. The molecular formula is C11H11NO3. The van der Waals surface area contributed by atoms with Crippen LogP contribution in [0.25, 0.3) is 11.1 Å². The maximum Gasteiger partial charge on any atom is 0.310 e. The maximum atomic E-state index is 11.0. The molecule has 1 aromatic carbocycles. The van der Waals surface area contributed by atoms with Crippen molar-refractivity contribution in [3.63, 3.8) is 0 Å². The Morgan fingerprint density at radius 3 is 3.07 bits per heavy atom. The van der Waals surface area contributed by atoms with Gasteiger partial charge in [0, 0.05) is 0 Å². The van der Waals surface area contributed by atoms with E-state index in [0.717, 1.165) is 11.1 Å². The number of benzene rings is 1. The fourth-order valence-electron chi connectivity index (χ4n) is 1.64. The van der Waals surface area contributed by atoms with Crippen LogP contribution in [-0.4, -0.2) is 16.1 Å². The Hall–Kier alpha value is -1.84. The standard InChI is InChI=1S/C11H11NO3/c1-2-8(11(13)14)7-3-4-9-10(5-7)15-6-12-9/h3-6,8H,2H2,1H3,(H,13,14). The predicted molar refractivity (Wildman–Crippen MR) is 54.7 cm³/mol. The molecule has 0 saturated carbocycles. The van der Waals surface area contributed by atoms with Crippen molar-refractivity contribution in [3.05, 3.63) is 30.2 Å². The summed E-state index contributed by atoms with van der Waals surface area (Å²) in [4.78, 5) is 14.9. The topological polar surface area (TPSA) is 63.3 Å². The van der Waals surface area contributed by atoms with E-state index >= 15 is 0 Å². The van der Waals surface area contributed by atoms with Crippen LogP contribution >= 0.6 is 0 Å². The largest absolute Gasteiger partial charge is 0.481 e. The molecule has 1 atom stereocenters. The van der Waals surface area contributed by atoms with Gasteiger partial charge in [-0.1, -0.05) is 13.0 Å². The monoisotopic (exact) mass is 205 g/mol. The molecule has 0 aliphatic rings. The summed E-state index contributed by atoms with van der Waals surface area (Å²) in [6, 6.07) is 5.30. The van der Waals surface area contributed by atoms with E-state index in [4.69, 9.17) is 9.52 Å². The van der Waals surface area contributed by atoms with Gasteiger partial charge < -0.3 is 9.52 Å². The first-order valence-corrected chi connectivity index (χ1v) is 4.78. The molecule has 0 saturated heterocycles. The summed E-state index contributed by atoms with van der Waals surface area (Å²) in [5.41, 5.74) is 2.14. The molecule has 0 radical (unpaired) electrons. The lowest BCUT2D eigenvalue weighted by molar-refractivity contribution is -0.138. The van der Waals surface area contributed by atoms with E-state index < -0.39 is 11.9 Å². The highest BCUT2D eigenvalue weighted by Gasteiger charge is 2.18. The molecule has 2 aromatic rings. The second-order valence-electron chi connectivity index (χ2n) is 3.38. The fourth-order valence-corrected chi connectivity index (χ4v) is 1.64. The minimum Gasteiger partial charge on any atom is -0.481 e. The van der Waals surface area contributed by atoms with Crippen LogP contribution in [0.15, 0.2) is 29.0 Å². The van der Waals surface area contributed by atoms with E-state index in [1.807, 2.05) is 6.92 Å². The summed E-state index contributed by atoms with van der Waals surface area (Å²) in [6.07, 6.45) is 1.92. The molecule has 0 spiro atoms. The van der Waals surface area contributed by atoms with Gasteiger partial charge >= 0.3 is 5.97 Å². The highest BCUT2D eigenvalue weighted by molar-refractivity contribution is 5.79. The molecule has 0 aliphatic carbocycles. The number of aromatic nitrogens is 1. The minimum absolute atomic E-state index is 0.473. The van der Waals surface area contributed by atoms with E-state index in [1.54, 1.807) is 18.2 Å². The van der Waals surface area contributed by atoms with Gasteiger partial charge in [-0.25, -0.2) is 4.98 Å². The van der Waals surface area contributed by atoms with Crippen molar-refractivity contribution in [3.8, 4) is 0 Å². The molecule has 0 aliphatic heterocycles. The average molecular weight is 205 g/mol. The van der Waals surface area contributed by atoms with Gasteiger partial charge in [-0.15, -0.1) is 0 Å². The maximum absolute atomic E-state index is 11.0. The first kappa shape index (κ1) is 9.71. The van der Waals surface area contributed by atoms with Gasteiger partial charge in [-0.05, 0) is 24.1 Å². The SMILES string of the molecule is CCC(C(=O)O)c1ccc2ncoc2c1. The zero-order chi connectivity index (χ0) is 10.8. The number of carboxylic acid groups (broad SMARTS) is 1. The van der Waals surface area contributed by atoms with Gasteiger partial charge in [0.1, 0.15) is 5.52 Å². The Bertz CT molecular complexity index is 489. The molecule has 1 unspecified atom stereocenters. The van der Waals surface area contributed by atoms with Gasteiger partial charge in [0.05, 0.1) is 5.92 Å². The number of aliphatic carboxylic acids is 1. The fraction of sp³-hybridized carbons (Fsp3) is 0.273. The molecule has 78 valence electrons. The molecule has 4 heteroatoms. The molecule has 0 bridgehead atoms. The van der Waals surface area contributed by atoms with E-state index in [1.165, 1.54) is 6.39 Å². The second-order valence-corrected chi connectivity index (χ2v) is 3.38. The first-order chi connectivity index (χ1) is 7.22. The van der Waals surface area contributed by atoms with Crippen LogP contribution < -0.4 is 0 Å². The van der Waals surface area contributed by atoms with Gasteiger partial charge in [0.15, 0.2) is 12.0 Å². The first-order valence-electron chi connectivity index (χ1n) is 4.78. The average Bonchev–Trinajstić information content (AvgIpc) is 2.65. The van der Waals surface area contributed by atoms with Crippen LogP contribution in [0, 0.1) is 0 Å². The second kappa shape index (κ2) is 3.73. The van der Waals surface area contributed by atoms with Crippen molar-refractivity contribution in [2.24, 2.45) is 0 Å². The number of hydrogen-bond acceptors (Lipinski definition) is 3. The number of hydrogen-bond donors (Lipinski definition) is 1. The number of rotatable bonds is 3. The smallest absolute Gasteiger partial charge is 0.310 e. The van der Waals surface area contributed by atoms with Gasteiger partial charge in [0.2, 0.25) is 0 Å². The number of carboxylic acids is 1. The van der Waals surface area contributed by atoms with Gasteiger partial charge in [-0.3, -0.25) is 4.79 Å². The zero-order valence-electron chi connectivity index (χ0n) is 8.30. The van der Waals surface area contributed by atoms with Crippen LogP contribution in [0.5, 0.6) is 0 Å². The van der Waals surface area contributed by atoms with Gasteiger partial charge in [0.25, 0.3) is 0 Å². The minimum atomic E-state index is -0.809. The van der Waals surface area contributed by atoms with E-state index in [-0.39, 0.29) is 0 Å². The highest BCUT2D eigenvalue weighted by Crippen LogP contribution is 2.23. The third kappa shape index (κ3) is 1.70. The molecule has 1 heterocycles. The Labute approximate surface area is 86.5 Å². The van der Waals surface area contributed by atoms with E-state index in [0.29, 0.717) is 12.0 Å². The molecule has 4 nitrogen and oxygen atoms in total. The Morgan fingerprint density at radius 1 is 1.60 bits per heavy atom. The van der Waals surface area contributed by atoms with Crippen molar-refractivity contribution >= 4 is 17.1 Å². The van der Waals surface area contributed by atoms with Crippen molar-refractivity contribution in [2.75, 3.05) is 0 Å². The molecule has 2 rings (SSSR count). The van der Waals surface area contributed by atoms with Crippen LogP contribution in [0.1, 0.15) is 24.8 Å². The molecule has 15 heavy (non-hydrogen) atoms. The van der Waals surface area contributed by atoms with E-state index in [2.05, 4.69) is 4.98 Å². The lowest BCUT2D eigenvalue weighted by atomic mass is 9.96. The zero-order valence-corrected chi connectivity index (χ0v) is 8.30. The van der Waals surface area contributed by atoms with Crippen molar-refractivity contribution < 1.29 is 14.3 Å². The molecular weight excluding hydrogens is 194 g/mol. The highest BCUT2D eigenvalue weighted by atomic mass is 16.4. The van der Waals surface area contributed by atoms with Crippen LogP contribution in [0.3, 0.4) is 0 Å². The summed E-state index contributed by atoms with van der Waals surface area (Å²) < 4.78 is 5.13. The van der Waals surface area contributed by atoms with Gasteiger partial charge in [-0.2, -0.15) is 0 Å². The summed E-state index contributed by atoms with van der Waals surface area (Å²) in [6.45, 7) is 1.85. The Kier molecular flexibility index (Phi) is 2.41. The van der Waals surface area contributed by atoms with Crippen LogP contribution in [0.4, 0.5) is 0 Å². The number of oxazole rings is 1. The Balaban J connectivity index is 2.46. The van der Waals surface area contributed by atoms with Crippen molar-refractivity contribution in [1.29, 1.82) is 0 Å². The summed E-state index contributed by atoms with van der Waals surface area (Å²) in [5, 5.41) is 9.00. The third-order valence-electron chi connectivity index (χ3n) is 2.46. The lowest BCUT2D eigenvalue weighted by Gasteiger charge is -2.08. The predicted octanol–water partition coefficient (Wildman–Crippen LogP) is 2.41. The molecule has 0 fully saturated rings. The summed E-state index contributed by atoms with van der Waals surface area (Å²) >= 11 is 0. The normalized spacial score (nSPS) is 12.9. The lowest BCUT2D eigenvalue weighted by Crippen LogP contribution is -2.10. The van der Waals surface area contributed by atoms with Crippen molar-refractivity contribution in [1.82, 2.24) is 4.98 Å². The molecule has 1 aromatic heterocycles. The number of fused-ring (bicyclic) bond motifs is 1. The number of nitrogens with zero attached hydrogens (tertiary/aromatic N) is 1. The molecule has 0 amide bonds. The summed E-state index contributed by atoms with van der Waals surface area (Å²) in [7, 11) is 0. The third-order valence-corrected chi connectivity index (χ3v) is 2.46. The number of carbonyl (C=O) groups is 1. The van der Waals surface area contributed by atoms with E-state index in [9.17, 15) is 4.79 Å². The van der Waals surface area contributed by atoms with Crippen molar-refractivity contribution in [2.45, 2.75) is 19.3 Å². The Morgan fingerprint density at radius 2 is 2.40 bits per heavy atom. The van der Waals surface area contributed by atoms with Crippen LogP contribution in [-0.2, 0) is 4.79 Å². The summed E-state index contributed by atoms with van der Waals surface area (Å²) in [5.74, 6) is -1.28.